The highest BCUT2D eigenvalue weighted by molar-refractivity contribution is 7.19. The highest BCUT2D eigenvalue weighted by Crippen LogP contribution is 2.50. The van der Waals surface area contributed by atoms with Crippen LogP contribution >= 0.6 is 11.3 Å². The highest BCUT2D eigenvalue weighted by Gasteiger charge is 2.33. The Bertz CT molecular complexity index is 1030. The number of allylic oxidation sites excluding steroid dienone is 1. The van der Waals surface area contributed by atoms with Gasteiger partial charge in [0, 0.05) is 29.9 Å². The number of hydrogen-bond acceptors (Lipinski definition) is 5. The van der Waals surface area contributed by atoms with E-state index in [0.29, 0.717) is 5.57 Å². The molecule has 124 valence electrons. The second kappa shape index (κ2) is 5.83. The minimum atomic E-state index is -0.192. The molecule has 0 saturated heterocycles. The van der Waals surface area contributed by atoms with Gasteiger partial charge in [-0.15, -0.1) is 11.3 Å². The SMILES string of the molecule is CN(C)c1ccc(C2C(C#N)=C(N)Oc3c2sc2ccccc32)cc1. The number of nitrogens with zero attached hydrogens (tertiary/aromatic N) is 2. The second-order valence-corrected chi connectivity index (χ2v) is 7.29. The maximum Gasteiger partial charge on any atom is 0.205 e. The van der Waals surface area contributed by atoms with Gasteiger partial charge in [0.1, 0.15) is 11.6 Å². The molecular formula is C20H17N3OS. The molecule has 5 heteroatoms. The lowest BCUT2D eigenvalue weighted by atomic mass is 9.88. The van der Waals surface area contributed by atoms with Crippen LogP contribution < -0.4 is 15.4 Å². The third kappa shape index (κ3) is 2.43. The summed E-state index contributed by atoms with van der Waals surface area (Å²) in [5.74, 6) is 0.779. The average molecular weight is 347 g/mol. The van der Waals surface area contributed by atoms with E-state index < -0.39 is 0 Å². The van der Waals surface area contributed by atoms with Gasteiger partial charge in [-0.05, 0) is 29.8 Å². The normalized spacial score (nSPS) is 16.3. The van der Waals surface area contributed by atoms with Crippen LogP contribution in [0.5, 0.6) is 5.75 Å². The Morgan fingerprint density at radius 1 is 1.12 bits per heavy atom. The maximum absolute atomic E-state index is 9.66. The lowest BCUT2D eigenvalue weighted by Gasteiger charge is -2.24. The van der Waals surface area contributed by atoms with E-state index in [2.05, 4.69) is 36.4 Å². The Morgan fingerprint density at radius 3 is 2.52 bits per heavy atom. The van der Waals surface area contributed by atoms with Crippen molar-refractivity contribution in [2.24, 2.45) is 5.73 Å². The zero-order chi connectivity index (χ0) is 17.6. The van der Waals surface area contributed by atoms with E-state index in [-0.39, 0.29) is 11.8 Å². The summed E-state index contributed by atoms with van der Waals surface area (Å²) >= 11 is 1.66. The first-order valence-electron chi connectivity index (χ1n) is 7.96. The Morgan fingerprint density at radius 2 is 1.84 bits per heavy atom. The minimum Gasteiger partial charge on any atom is -0.439 e. The molecule has 0 fully saturated rings. The van der Waals surface area contributed by atoms with Crippen molar-refractivity contribution in [1.29, 1.82) is 5.26 Å². The van der Waals surface area contributed by atoms with Crippen molar-refractivity contribution in [3.8, 4) is 11.8 Å². The molecule has 1 atom stereocenters. The first-order chi connectivity index (χ1) is 12.1. The zero-order valence-corrected chi connectivity index (χ0v) is 14.8. The van der Waals surface area contributed by atoms with Crippen LogP contribution in [-0.2, 0) is 0 Å². The van der Waals surface area contributed by atoms with E-state index in [1.54, 1.807) is 11.3 Å². The van der Waals surface area contributed by atoms with Crippen molar-refractivity contribution < 1.29 is 4.74 Å². The molecular weight excluding hydrogens is 330 g/mol. The predicted octanol–water partition coefficient (Wildman–Crippen LogP) is 4.19. The van der Waals surface area contributed by atoms with Gasteiger partial charge in [0.05, 0.1) is 10.8 Å². The molecule has 1 aromatic heterocycles. The van der Waals surface area contributed by atoms with Crippen LogP contribution in [0, 0.1) is 11.3 Å². The monoisotopic (exact) mass is 347 g/mol. The number of anilines is 1. The van der Waals surface area contributed by atoms with E-state index in [9.17, 15) is 5.26 Å². The summed E-state index contributed by atoms with van der Waals surface area (Å²) in [5.41, 5.74) is 8.72. The lowest BCUT2D eigenvalue weighted by molar-refractivity contribution is 0.401. The molecule has 1 aliphatic heterocycles. The Labute approximate surface area is 150 Å². The van der Waals surface area contributed by atoms with E-state index in [1.807, 2.05) is 37.2 Å². The van der Waals surface area contributed by atoms with Crippen molar-refractivity contribution in [2.75, 3.05) is 19.0 Å². The third-order valence-electron chi connectivity index (χ3n) is 4.47. The fourth-order valence-electron chi connectivity index (χ4n) is 3.18. The first-order valence-corrected chi connectivity index (χ1v) is 8.78. The van der Waals surface area contributed by atoms with Crippen molar-refractivity contribution >= 4 is 27.1 Å². The summed E-state index contributed by atoms with van der Waals surface area (Å²) in [6.45, 7) is 0. The van der Waals surface area contributed by atoms with Gasteiger partial charge in [-0.3, -0.25) is 0 Å². The quantitative estimate of drug-likeness (QED) is 0.755. The van der Waals surface area contributed by atoms with Crippen molar-refractivity contribution in [1.82, 2.24) is 0 Å². The molecule has 1 unspecified atom stereocenters. The largest absolute Gasteiger partial charge is 0.439 e. The van der Waals surface area contributed by atoms with Crippen LogP contribution in [-0.4, -0.2) is 14.1 Å². The molecule has 3 aromatic rings. The summed E-state index contributed by atoms with van der Waals surface area (Å²) in [6, 6.07) is 18.6. The number of nitriles is 1. The van der Waals surface area contributed by atoms with Crippen LogP contribution in [0.25, 0.3) is 10.1 Å². The molecule has 4 rings (SSSR count). The summed E-state index contributed by atoms with van der Waals surface area (Å²) in [6.07, 6.45) is 0. The summed E-state index contributed by atoms with van der Waals surface area (Å²) in [5, 5.41) is 10.7. The molecule has 2 N–H and O–H groups in total. The molecule has 2 aromatic carbocycles. The number of thiophene rings is 1. The Balaban J connectivity index is 1.92. The van der Waals surface area contributed by atoms with Crippen LogP contribution in [0.2, 0.25) is 0 Å². The molecule has 2 heterocycles. The van der Waals surface area contributed by atoms with Crippen LogP contribution in [0.4, 0.5) is 5.69 Å². The fraction of sp³-hybridized carbons (Fsp3) is 0.150. The fourth-order valence-corrected chi connectivity index (χ4v) is 4.45. The van der Waals surface area contributed by atoms with Crippen LogP contribution in [0.3, 0.4) is 0 Å². The van der Waals surface area contributed by atoms with Crippen LogP contribution in [0.15, 0.2) is 60.0 Å². The van der Waals surface area contributed by atoms with Crippen molar-refractivity contribution in [2.45, 2.75) is 5.92 Å². The number of nitrogens with two attached hydrogens (primary N) is 1. The molecule has 0 aliphatic carbocycles. The number of fused-ring (bicyclic) bond motifs is 3. The van der Waals surface area contributed by atoms with E-state index in [1.165, 1.54) is 0 Å². The summed E-state index contributed by atoms with van der Waals surface area (Å²) < 4.78 is 6.97. The highest BCUT2D eigenvalue weighted by atomic mass is 32.1. The second-order valence-electron chi connectivity index (χ2n) is 6.20. The molecule has 25 heavy (non-hydrogen) atoms. The summed E-state index contributed by atoms with van der Waals surface area (Å²) in [7, 11) is 4.01. The predicted molar refractivity (Wildman–Crippen MR) is 102 cm³/mol. The Kier molecular flexibility index (Phi) is 3.63. The van der Waals surface area contributed by atoms with Gasteiger partial charge in [-0.2, -0.15) is 5.26 Å². The smallest absolute Gasteiger partial charge is 0.205 e. The third-order valence-corrected chi connectivity index (χ3v) is 5.68. The average Bonchev–Trinajstić information content (AvgIpc) is 2.99. The molecule has 0 spiro atoms. The Hall–Kier alpha value is -2.97. The standard InChI is InChI=1S/C20H17N3OS/c1-23(2)13-9-7-12(8-10-13)17-15(11-21)20(22)24-18-14-5-3-4-6-16(14)25-19(17)18/h3-10,17H,22H2,1-2H3. The molecule has 1 aliphatic rings. The topological polar surface area (TPSA) is 62.3 Å². The number of benzene rings is 2. The molecule has 0 radical (unpaired) electrons. The molecule has 0 amide bonds. The van der Waals surface area contributed by atoms with E-state index >= 15 is 0 Å². The van der Waals surface area contributed by atoms with Gasteiger partial charge in [-0.1, -0.05) is 24.3 Å². The summed E-state index contributed by atoms with van der Waals surface area (Å²) in [4.78, 5) is 3.08. The number of rotatable bonds is 2. The number of ether oxygens (including phenoxy) is 1. The zero-order valence-electron chi connectivity index (χ0n) is 14.0. The van der Waals surface area contributed by atoms with Crippen LogP contribution in [0.1, 0.15) is 16.4 Å². The van der Waals surface area contributed by atoms with Crippen molar-refractivity contribution in [3.63, 3.8) is 0 Å². The van der Waals surface area contributed by atoms with Gasteiger partial charge in [0.25, 0.3) is 0 Å². The van der Waals surface area contributed by atoms with Gasteiger partial charge < -0.3 is 15.4 Å². The van der Waals surface area contributed by atoms with Gasteiger partial charge in [0.15, 0.2) is 5.75 Å². The van der Waals surface area contributed by atoms with Gasteiger partial charge in [-0.25, -0.2) is 0 Å². The first kappa shape index (κ1) is 15.6. The maximum atomic E-state index is 9.66. The van der Waals surface area contributed by atoms with Gasteiger partial charge >= 0.3 is 0 Å². The number of hydrogen-bond donors (Lipinski definition) is 1. The molecule has 4 nitrogen and oxygen atoms in total. The molecule has 0 bridgehead atoms. The molecule has 0 saturated carbocycles. The minimum absolute atomic E-state index is 0.192. The van der Waals surface area contributed by atoms with E-state index in [0.717, 1.165) is 32.0 Å². The lowest BCUT2D eigenvalue weighted by Crippen LogP contribution is -2.19. The van der Waals surface area contributed by atoms with Gasteiger partial charge in [0.2, 0.25) is 5.88 Å². The van der Waals surface area contributed by atoms with Crippen molar-refractivity contribution in [3.05, 3.63) is 70.4 Å². The van der Waals surface area contributed by atoms with E-state index in [4.69, 9.17) is 10.5 Å².